The maximum atomic E-state index is 5.92. The number of anilines is 3. The Kier molecular flexibility index (Phi) is 4.65. The summed E-state index contributed by atoms with van der Waals surface area (Å²) in [4.78, 5) is 10.8. The summed E-state index contributed by atoms with van der Waals surface area (Å²) in [6.07, 6.45) is 0. The molecule has 0 spiro atoms. The lowest BCUT2D eigenvalue weighted by molar-refractivity contribution is 0.296. The van der Waals surface area contributed by atoms with Crippen LogP contribution >= 0.6 is 0 Å². The summed E-state index contributed by atoms with van der Waals surface area (Å²) in [5.41, 5.74) is 8.91. The second-order valence-corrected chi connectivity index (χ2v) is 6.24. The normalized spacial score (nSPS) is 12.4. The van der Waals surface area contributed by atoms with Crippen molar-refractivity contribution in [3.8, 4) is 11.6 Å². The van der Waals surface area contributed by atoms with E-state index in [1.807, 2.05) is 54.6 Å². The fourth-order valence-corrected chi connectivity index (χ4v) is 2.99. The lowest BCUT2D eigenvalue weighted by atomic mass is 10.2. The van der Waals surface area contributed by atoms with Crippen LogP contribution in [0.25, 0.3) is 0 Å². The van der Waals surface area contributed by atoms with Gasteiger partial charge in [0, 0.05) is 6.54 Å². The van der Waals surface area contributed by atoms with Gasteiger partial charge in [-0.15, -0.1) is 0 Å². The minimum atomic E-state index is 0.195. The number of rotatable bonds is 6. The fraction of sp³-hybridized carbons (Fsp3) is 0.200. The Bertz CT molecular complexity index is 916. The van der Waals surface area contributed by atoms with E-state index in [1.165, 1.54) is 0 Å². The summed E-state index contributed by atoms with van der Waals surface area (Å²) < 4.78 is 11.1. The number of nitrogen functional groups attached to an aromatic ring is 1. The van der Waals surface area contributed by atoms with Crippen LogP contribution in [-0.4, -0.2) is 23.7 Å². The van der Waals surface area contributed by atoms with Gasteiger partial charge in [-0.3, -0.25) is 0 Å². The van der Waals surface area contributed by atoms with Gasteiger partial charge in [0.05, 0.1) is 13.8 Å². The van der Waals surface area contributed by atoms with Gasteiger partial charge in [-0.25, -0.2) is 0 Å². The zero-order chi connectivity index (χ0) is 18.6. The highest BCUT2D eigenvalue weighted by molar-refractivity contribution is 5.76. The van der Waals surface area contributed by atoms with E-state index in [2.05, 4.69) is 20.2 Å². The molecule has 1 aliphatic heterocycles. The zero-order valence-corrected chi connectivity index (χ0v) is 15.1. The number of methoxy groups -OCH3 is 1. The maximum absolute atomic E-state index is 5.92. The molecule has 138 valence electrons. The third kappa shape index (κ3) is 3.72. The Morgan fingerprint density at radius 3 is 2.56 bits per heavy atom. The molecule has 0 saturated carbocycles. The molecule has 0 aliphatic carbocycles. The Morgan fingerprint density at radius 1 is 1.04 bits per heavy atom. The molecule has 4 rings (SSSR count). The Hall–Kier alpha value is -3.48. The molecule has 2 heterocycles. The van der Waals surface area contributed by atoms with Crippen LogP contribution in [0.5, 0.6) is 11.6 Å². The van der Waals surface area contributed by atoms with Gasteiger partial charge in [-0.2, -0.15) is 9.97 Å². The molecule has 7 heteroatoms. The van der Waals surface area contributed by atoms with Gasteiger partial charge in [0.2, 0.25) is 11.8 Å². The van der Waals surface area contributed by atoms with Gasteiger partial charge in [0.1, 0.15) is 18.0 Å². The average molecular weight is 363 g/mol. The third-order valence-corrected chi connectivity index (χ3v) is 4.37. The summed E-state index contributed by atoms with van der Waals surface area (Å²) in [6.45, 7) is 1.73. The smallest absolute Gasteiger partial charge is 0.245 e. The standard InChI is InChI=1S/C20H21N5O2/c1-26-16-9-7-14(8-10-16)11-25-13-22-17-18(25)23-20(21)24-19(17)27-12-15-5-3-2-4-6-15/h2-10,22H,11-13H2,1H3,(H2,21,23,24). The van der Waals surface area contributed by atoms with Crippen LogP contribution in [0, 0.1) is 0 Å². The molecule has 0 bridgehead atoms. The third-order valence-electron chi connectivity index (χ3n) is 4.37. The highest BCUT2D eigenvalue weighted by Crippen LogP contribution is 2.38. The molecule has 0 fully saturated rings. The SMILES string of the molecule is COc1ccc(CN2CNc3c(OCc4ccccc4)nc(N)nc32)cc1. The number of fused-ring (bicyclic) bond motifs is 1. The minimum absolute atomic E-state index is 0.195. The van der Waals surface area contributed by atoms with Gasteiger partial charge in [-0.1, -0.05) is 42.5 Å². The van der Waals surface area contributed by atoms with E-state index in [0.29, 0.717) is 25.7 Å². The predicted octanol–water partition coefficient (Wildman–Crippen LogP) is 3.04. The van der Waals surface area contributed by atoms with E-state index >= 15 is 0 Å². The first-order valence-corrected chi connectivity index (χ1v) is 8.69. The monoisotopic (exact) mass is 363 g/mol. The van der Waals surface area contributed by atoms with Crippen molar-refractivity contribution in [1.29, 1.82) is 0 Å². The molecule has 27 heavy (non-hydrogen) atoms. The second kappa shape index (κ2) is 7.41. The molecule has 0 radical (unpaired) electrons. The number of aromatic nitrogens is 2. The Balaban J connectivity index is 1.53. The van der Waals surface area contributed by atoms with Crippen LogP contribution < -0.4 is 25.4 Å². The van der Waals surface area contributed by atoms with E-state index in [9.17, 15) is 0 Å². The van der Waals surface area contributed by atoms with Gasteiger partial charge in [-0.05, 0) is 23.3 Å². The number of hydrogen-bond acceptors (Lipinski definition) is 7. The lowest BCUT2D eigenvalue weighted by Crippen LogP contribution is -2.22. The summed E-state index contributed by atoms with van der Waals surface area (Å²) in [5, 5.41) is 3.32. The van der Waals surface area contributed by atoms with Crippen LogP contribution in [0.3, 0.4) is 0 Å². The van der Waals surface area contributed by atoms with Crippen molar-refractivity contribution < 1.29 is 9.47 Å². The minimum Gasteiger partial charge on any atom is -0.497 e. The summed E-state index contributed by atoms with van der Waals surface area (Å²) in [5.74, 6) is 2.25. The number of benzene rings is 2. The second-order valence-electron chi connectivity index (χ2n) is 6.24. The number of ether oxygens (including phenoxy) is 2. The number of nitrogens with zero attached hydrogens (tertiary/aromatic N) is 3. The first-order chi connectivity index (χ1) is 13.2. The molecular weight excluding hydrogens is 342 g/mol. The molecule has 3 N–H and O–H groups in total. The summed E-state index contributed by atoms with van der Waals surface area (Å²) in [7, 11) is 1.66. The Labute approximate surface area is 157 Å². The molecule has 1 aliphatic rings. The number of hydrogen-bond donors (Lipinski definition) is 2. The molecule has 0 amide bonds. The molecule has 0 saturated heterocycles. The van der Waals surface area contributed by atoms with Gasteiger partial charge >= 0.3 is 0 Å². The van der Waals surface area contributed by atoms with Gasteiger partial charge < -0.3 is 25.4 Å². The molecule has 7 nitrogen and oxygen atoms in total. The van der Waals surface area contributed by atoms with Crippen LogP contribution in [0.15, 0.2) is 54.6 Å². The molecule has 2 aromatic carbocycles. The fourth-order valence-electron chi connectivity index (χ4n) is 2.99. The van der Waals surface area contributed by atoms with E-state index < -0.39 is 0 Å². The van der Waals surface area contributed by atoms with Crippen molar-refractivity contribution in [1.82, 2.24) is 9.97 Å². The molecule has 0 unspecified atom stereocenters. The highest BCUT2D eigenvalue weighted by Gasteiger charge is 2.26. The quantitative estimate of drug-likeness (QED) is 0.696. The molecular formula is C20H21N5O2. The molecule has 3 aromatic rings. The number of nitrogens with one attached hydrogen (secondary N) is 1. The first-order valence-electron chi connectivity index (χ1n) is 8.69. The van der Waals surface area contributed by atoms with Crippen molar-refractivity contribution in [2.75, 3.05) is 29.7 Å². The predicted molar refractivity (Wildman–Crippen MR) is 105 cm³/mol. The van der Waals surface area contributed by atoms with Crippen LogP contribution in [-0.2, 0) is 13.2 Å². The zero-order valence-electron chi connectivity index (χ0n) is 15.1. The highest BCUT2D eigenvalue weighted by atomic mass is 16.5. The van der Waals surface area contributed by atoms with Crippen molar-refractivity contribution >= 4 is 17.5 Å². The van der Waals surface area contributed by atoms with E-state index in [1.54, 1.807) is 7.11 Å². The van der Waals surface area contributed by atoms with E-state index in [4.69, 9.17) is 15.2 Å². The van der Waals surface area contributed by atoms with E-state index in [0.717, 1.165) is 28.4 Å². The van der Waals surface area contributed by atoms with Gasteiger partial charge in [0.25, 0.3) is 0 Å². The van der Waals surface area contributed by atoms with E-state index in [-0.39, 0.29) is 5.95 Å². The summed E-state index contributed by atoms with van der Waals surface area (Å²) in [6, 6.07) is 17.9. The van der Waals surface area contributed by atoms with Crippen LogP contribution in [0.4, 0.5) is 17.5 Å². The van der Waals surface area contributed by atoms with Crippen molar-refractivity contribution in [2.24, 2.45) is 0 Å². The largest absolute Gasteiger partial charge is 0.497 e. The van der Waals surface area contributed by atoms with Crippen LogP contribution in [0.2, 0.25) is 0 Å². The van der Waals surface area contributed by atoms with Crippen molar-refractivity contribution in [3.05, 3.63) is 65.7 Å². The van der Waals surface area contributed by atoms with Gasteiger partial charge in [0.15, 0.2) is 5.82 Å². The summed E-state index contributed by atoms with van der Waals surface area (Å²) >= 11 is 0. The Morgan fingerprint density at radius 2 is 1.81 bits per heavy atom. The van der Waals surface area contributed by atoms with Crippen molar-refractivity contribution in [3.63, 3.8) is 0 Å². The maximum Gasteiger partial charge on any atom is 0.245 e. The lowest BCUT2D eigenvalue weighted by Gasteiger charge is -2.17. The topological polar surface area (TPSA) is 85.5 Å². The molecule has 1 aromatic heterocycles. The average Bonchev–Trinajstić information content (AvgIpc) is 3.10. The first kappa shape index (κ1) is 17.0. The number of nitrogens with two attached hydrogens (primary N) is 1. The van der Waals surface area contributed by atoms with Crippen LogP contribution in [0.1, 0.15) is 11.1 Å². The molecule has 0 atom stereocenters. The van der Waals surface area contributed by atoms with Crippen molar-refractivity contribution in [2.45, 2.75) is 13.2 Å².